The number of nitrogens with one attached hydrogen (secondary N) is 1. The van der Waals surface area contributed by atoms with Crippen LogP contribution in [0.4, 0.5) is 5.69 Å². The maximum Gasteiger partial charge on any atom is 0.220 e. The van der Waals surface area contributed by atoms with Gasteiger partial charge in [-0.1, -0.05) is 25.1 Å². The number of amides is 1. The van der Waals surface area contributed by atoms with Gasteiger partial charge >= 0.3 is 0 Å². The third-order valence-electron chi connectivity index (χ3n) is 3.01. The Hall–Kier alpha value is -1.55. The molecule has 0 radical (unpaired) electrons. The van der Waals surface area contributed by atoms with Crippen molar-refractivity contribution in [3.63, 3.8) is 0 Å². The van der Waals surface area contributed by atoms with Gasteiger partial charge in [0.15, 0.2) is 0 Å². The third kappa shape index (κ3) is 4.75. The quantitative estimate of drug-likeness (QED) is 0.642. The maximum absolute atomic E-state index is 11.7. The second-order valence-corrected chi connectivity index (χ2v) is 4.38. The first-order valence-corrected chi connectivity index (χ1v) is 6.41. The van der Waals surface area contributed by atoms with Gasteiger partial charge in [0.1, 0.15) is 0 Å². The van der Waals surface area contributed by atoms with Gasteiger partial charge < -0.3 is 16.2 Å². The Kier molecular flexibility index (Phi) is 6.22. The normalized spacial score (nSPS) is 12.1. The topological polar surface area (TPSA) is 75.3 Å². The fourth-order valence-corrected chi connectivity index (χ4v) is 1.84. The molecule has 0 saturated carbocycles. The number of anilines is 1. The lowest BCUT2D eigenvalue weighted by Gasteiger charge is -2.15. The minimum absolute atomic E-state index is 0.0125. The molecule has 1 rings (SSSR count). The van der Waals surface area contributed by atoms with Crippen LogP contribution in [-0.4, -0.2) is 23.7 Å². The van der Waals surface area contributed by atoms with Gasteiger partial charge in [0.25, 0.3) is 0 Å². The monoisotopic (exact) mass is 250 g/mol. The van der Waals surface area contributed by atoms with Gasteiger partial charge in [-0.25, -0.2) is 0 Å². The standard InChI is InChI=1S/C14H22N2O2/c1-2-12(9-10-17)16-14(18)8-7-11-5-3-4-6-13(11)15/h3-6,12,17H,2,7-10,15H2,1H3,(H,16,18). The number of aliphatic hydroxyl groups excluding tert-OH is 1. The van der Waals surface area contributed by atoms with Gasteiger partial charge in [0.2, 0.25) is 5.91 Å². The number of hydrogen-bond acceptors (Lipinski definition) is 3. The fourth-order valence-electron chi connectivity index (χ4n) is 1.84. The van der Waals surface area contributed by atoms with Gasteiger partial charge in [0, 0.05) is 24.8 Å². The van der Waals surface area contributed by atoms with Crippen LogP contribution < -0.4 is 11.1 Å². The van der Waals surface area contributed by atoms with E-state index in [-0.39, 0.29) is 18.6 Å². The SMILES string of the molecule is CCC(CCO)NC(=O)CCc1ccccc1N. The zero-order chi connectivity index (χ0) is 13.4. The van der Waals surface area contributed by atoms with Crippen molar-refractivity contribution >= 4 is 11.6 Å². The molecule has 100 valence electrons. The Labute approximate surface area is 108 Å². The third-order valence-corrected chi connectivity index (χ3v) is 3.01. The summed E-state index contributed by atoms with van der Waals surface area (Å²) in [6.45, 7) is 2.10. The molecule has 1 aromatic carbocycles. The van der Waals surface area contributed by atoms with E-state index in [0.717, 1.165) is 17.7 Å². The summed E-state index contributed by atoms with van der Waals surface area (Å²) < 4.78 is 0. The Bertz CT molecular complexity index is 380. The molecule has 0 aliphatic rings. The number of benzene rings is 1. The number of hydrogen-bond donors (Lipinski definition) is 3. The van der Waals surface area contributed by atoms with Gasteiger partial charge in [0.05, 0.1) is 0 Å². The van der Waals surface area contributed by atoms with E-state index >= 15 is 0 Å². The highest BCUT2D eigenvalue weighted by atomic mass is 16.3. The van der Waals surface area contributed by atoms with E-state index in [1.807, 2.05) is 31.2 Å². The van der Waals surface area contributed by atoms with E-state index in [1.54, 1.807) is 0 Å². The van der Waals surface area contributed by atoms with Crippen LogP contribution in [0.1, 0.15) is 31.7 Å². The number of rotatable bonds is 7. The number of carbonyl (C=O) groups excluding carboxylic acids is 1. The summed E-state index contributed by atoms with van der Waals surface area (Å²) in [6.07, 6.45) is 2.51. The van der Waals surface area contributed by atoms with E-state index < -0.39 is 0 Å². The molecular formula is C14H22N2O2. The van der Waals surface area contributed by atoms with Crippen LogP contribution >= 0.6 is 0 Å². The van der Waals surface area contributed by atoms with E-state index in [0.29, 0.717) is 19.3 Å². The molecule has 4 N–H and O–H groups in total. The summed E-state index contributed by atoms with van der Waals surface area (Å²) in [5.41, 5.74) is 7.55. The summed E-state index contributed by atoms with van der Waals surface area (Å²) in [6, 6.07) is 7.65. The van der Waals surface area contributed by atoms with Crippen molar-refractivity contribution in [2.24, 2.45) is 0 Å². The Morgan fingerprint density at radius 2 is 2.17 bits per heavy atom. The van der Waals surface area contributed by atoms with Gasteiger partial charge in [-0.2, -0.15) is 0 Å². The summed E-state index contributed by atoms with van der Waals surface area (Å²) in [4.78, 5) is 11.7. The molecule has 0 saturated heterocycles. The van der Waals surface area contributed by atoms with Crippen molar-refractivity contribution in [2.75, 3.05) is 12.3 Å². The van der Waals surface area contributed by atoms with Crippen LogP contribution in [-0.2, 0) is 11.2 Å². The van der Waals surface area contributed by atoms with Crippen LogP contribution in [0, 0.1) is 0 Å². The van der Waals surface area contributed by atoms with Crippen molar-refractivity contribution in [2.45, 2.75) is 38.6 Å². The molecule has 1 atom stereocenters. The molecule has 0 heterocycles. The molecule has 4 heteroatoms. The number of aryl methyl sites for hydroxylation is 1. The largest absolute Gasteiger partial charge is 0.399 e. The van der Waals surface area contributed by atoms with Crippen LogP contribution in [0.25, 0.3) is 0 Å². The number of aliphatic hydroxyl groups is 1. The molecule has 4 nitrogen and oxygen atoms in total. The number of carbonyl (C=O) groups is 1. The molecular weight excluding hydrogens is 228 g/mol. The molecule has 0 bridgehead atoms. The maximum atomic E-state index is 11.7. The molecule has 0 fully saturated rings. The lowest BCUT2D eigenvalue weighted by atomic mass is 10.1. The highest BCUT2D eigenvalue weighted by Gasteiger charge is 2.10. The van der Waals surface area contributed by atoms with Crippen LogP contribution in [0.3, 0.4) is 0 Å². The Morgan fingerprint density at radius 1 is 1.44 bits per heavy atom. The summed E-state index contributed by atoms with van der Waals surface area (Å²) in [7, 11) is 0. The molecule has 18 heavy (non-hydrogen) atoms. The first kappa shape index (κ1) is 14.5. The van der Waals surface area contributed by atoms with Crippen molar-refractivity contribution in [3.05, 3.63) is 29.8 Å². The minimum Gasteiger partial charge on any atom is -0.399 e. The van der Waals surface area contributed by atoms with Crippen molar-refractivity contribution in [3.8, 4) is 0 Å². The van der Waals surface area contributed by atoms with Crippen molar-refractivity contribution in [1.29, 1.82) is 0 Å². The average molecular weight is 250 g/mol. The highest BCUT2D eigenvalue weighted by Crippen LogP contribution is 2.12. The second kappa shape index (κ2) is 7.71. The van der Waals surface area contributed by atoms with Crippen LogP contribution in [0.2, 0.25) is 0 Å². The lowest BCUT2D eigenvalue weighted by molar-refractivity contribution is -0.121. The van der Waals surface area contributed by atoms with Crippen LogP contribution in [0.15, 0.2) is 24.3 Å². The van der Waals surface area contributed by atoms with Crippen molar-refractivity contribution < 1.29 is 9.90 Å². The summed E-state index contributed by atoms with van der Waals surface area (Å²) >= 11 is 0. The fraction of sp³-hybridized carbons (Fsp3) is 0.500. The smallest absolute Gasteiger partial charge is 0.220 e. The van der Waals surface area contributed by atoms with E-state index in [4.69, 9.17) is 10.8 Å². The molecule has 0 aromatic heterocycles. The number of nitrogen functional groups attached to an aromatic ring is 1. The molecule has 0 aliphatic heterocycles. The molecule has 1 amide bonds. The average Bonchev–Trinajstić information content (AvgIpc) is 2.37. The van der Waals surface area contributed by atoms with E-state index in [9.17, 15) is 4.79 Å². The van der Waals surface area contributed by atoms with Gasteiger partial charge in [-0.05, 0) is 30.9 Å². The second-order valence-electron chi connectivity index (χ2n) is 4.38. The Balaban J connectivity index is 2.39. The predicted molar refractivity (Wildman–Crippen MR) is 73.1 cm³/mol. The van der Waals surface area contributed by atoms with Crippen molar-refractivity contribution in [1.82, 2.24) is 5.32 Å². The molecule has 0 aliphatic carbocycles. The molecule has 0 spiro atoms. The Morgan fingerprint density at radius 3 is 2.78 bits per heavy atom. The van der Waals surface area contributed by atoms with Gasteiger partial charge in [-0.15, -0.1) is 0 Å². The summed E-state index contributed by atoms with van der Waals surface area (Å²) in [5.74, 6) is 0.0125. The van der Waals surface area contributed by atoms with Gasteiger partial charge in [-0.3, -0.25) is 4.79 Å². The first-order chi connectivity index (χ1) is 8.67. The minimum atomic E-state index is 0.0125. The van der Waals surface area contributed by atoms with E-state index in [1.165, 1.54) is 0 Å². The zero-order valence-electron chi connectivity index (χ0n) is 10.9. The zero-order valence-corrected chi connectivity index (χ0v) is 10.9. The lowest BCUT2D eigenvalue weighted by Crippen LogP contribution is -2.35. The predicted octanol–water partition coefficient (Wildman–Crippen LogP) is 1.48. The number of nitrogens with two attached hydrogens (primary N) is 1. The highest BCUT2D eigenvalue weighted by molar-refractivity contribution is 5.76. The van der Waals surface area contributed by atoms with E-state index in [2.05, 4.69) is 5.32 Å². The first-order valence-electron chi connectivity index (χ1n) is 6.41. The number of para-hydroxylation sites is 1. The van der Waals surface area contributed by atoms with Crippen LogP contribution in [0.5, 0.6) is 0 Å². The molecule has 1 unspecified atom stereocenters. The molecule has 1 aromatic rings. The summed E-state index contributed by atoms with van der Waals surface area (Å²) in [5, 5.41) is 11.8.